The molecule has 1 aliphatic rings. The number of rotatable bonds is 11. The molecule has 0 saturated carbocycles. The van der Waals surface area contributed by atoms with E-state index < -0.39 is 0 Å². The van der Waals surface area contributed by atoms with Gasteiger partial charge in [-0.3, -0.25) is 0 Å². The normalized spacial score (nSPS) is 23.1. The minimum Gasteiger partial charge on any atom is -0.381 e. The first-order valence-electron chi connectivity index (χ1n) is 8.65. The third kappa shape index (κ3) is 6.55. The van der Waals surface area contributed by atoms with Crippen molar-refractivity contribution in [2.45, 2.75) is 65.8 Å². The standard InChI is InChI=1S/C17H36N2O/c1-5-7-10-19(11-8-6-2)14-17(9-12-20-15-17)13-18-16(3)4/h16,18H,5-15H2,1-4H3. The van der Waals surface area contributed by atoms with Gasteiger partial charge in [-0.05, 0) is 32.4 Å². The van der Waals surface area contributed by atoms with Gasteiger partial charge < -0.3 is 15.0 Å². The Morgan fingerprint density at radius 1 is 1.15 bits per heavy atom. The summed E-state index contributed by atoms with van der Waals surface area (Å²) >= 11 is 0. The molecule has 1 aliphatic heterocycles. The van der Waals surface area contributed by atoms with Gasteiger partial charge in [-0.1, -0.05) is 40.5 Å². The second-order valence-corrected chi connectivity index (χ2v) is 6.82. The lowest BCUT2D eigenvalue weighted by Crippen LogP contribution is -2.46. The molecular weight excluding hydrogens is 248 g/mol. The number of nitrogens with one attached hydrogen (secondary N) is 1. The summed E-state index contributed by atoms with van der Waals surface area (Å²) in [4.78, 5) is 2.68. The van der Waals surface area contributed by atoms with E-state index in [2.05, 4.69) is 37.9 Å². The molecule has 0 aromatic heterocycles. The Morgan fingerprint density at radius 3 is 2.25 bits per heavy atom. The van der Waals surface area contributed by atoms with Crippen molar-refractivity contribution in [3.8, 4) is 0 Å². The van der Waals surface area contributed by atoms with Gasteiger partial charge in [0.2, 0.25) is 0 Å². The lowest BCUT2D eigenvalue weighted by molar-refractivity contribution is 0.105. The van der Waals surface area contributed by atoms with Crippen molar-refractivity contribution in [2.75, 3.05) is 39.4 Å². The summed E-state index contributed by atoms with van der Waals surface area (Å²) in [5, 5.41) is 3.64. The summed E-state index contributed by atoms with van der Waals surface area (Å²) in [5.74, 6) is 0. The highest BCUT2D eigenvalue weighted by atomic mass is 16.5. The van der Waals surface area contributed by atoms with Crippen LogP contribution in [0, 0.1) is 5.41 Å². The van der Waals surface area contributed by atoms with Crippen LogP contribution in [0.3, 0.4) is 0 Å². The number of ether oxygens (including phenoxy) is 1. The highest BCUT2D eigenvalue weighted by Gasteiger charge is 2.36. The molecule has 120 valence electrons. The summed E-state index contributed by atoms with van der Waals surface area (Å²) in [6.07, 6.45) is 6.42. The second-order valence-electron chi connectivity index (χ2n) is 6.82. The highest BCUT2D eigenvalue weighted by molar-refractivity contribution is 4.89. The monoisotopic (exact) mass is 284 g/mol. The van der Waals surface area contributed by atoms with Gasteiger partial charge >= 0.3 is 0 Å². The van der Waals surface area contributed by atoms with E-state index in [-0.39, 0.29) is 0 Å². The van der Waals surface area contributed by atoms with Gasteiger partial charge in [0.1, 0.15) is 0 Å². The first-order chi connectivity index (χ1) is 9.62. The summed E-state index contributed by atoms with van der Waals surface area (Å²) < 4.78 is 5.74. The molecule has 1 N–H and O–H groups in total. The molecule has 0 spiro atoms. The maximum Gasteiger partial charge on any atom is 0.0547 e. The zero-order valence-electron chi connectivity index (χ0n) is 14.2. The molecule has 1 heterocycles. The number of unbranched alkanes of at least 4 members (excludes halogenated alkanes) is 2. The van der Waals surface area contributed by atoms with Gasteiger partial charge in [0.05, 0.1) is 6.61 Å². The molecule has 1 unspecified atom stereocenters. The Morgan fingerprint density at radius 2 is 1.80 bits per heavy atom. The van der Waals surface area contributed by atoms with Crippen LogP contribution in [0.15, 0.2) is 0 Å². The van der Waals surface area contributed by atoms with E-state index in [9.17, 15) is 0 Å². The van der Waals surface area contributed by atoms with Crippen LogP contribution in [0.5, 0.6) is 0 Å². The minimum absolute atomic E-state index is 0.339. The van der Waals surface area contributed by atoms with Gasteiger partial charge in [0.25, 0.3) is 0 Å². The lowest BCUT2D eigenvalue weighted by Gasteiger charge is -2.35. The van der Waals surface area contributed by atoms with Gasteiger partial charge in [-0.15, -0.1) is 0 Å². The van der Waals surface area contributed by atoms with E-state index in [1.165, 1.54) is 51.7 Å². The minimum atomic E-state index is 0.339. The van der Waals surface area contributed by atoms with Crippen LogP contribution in [-0.2, 0) is 4.74 Å². The van der Waals surface area contributed by atoms with Gasteiger partial charge in [-0.2, -0.15) is 0 Å². The van der Waals surface area contributed by atoms with Crippen LogP contribution in [0.25, 0.3) is 0 Å². The number of hydrogen-bond acceptors (Lipinski definition) is 3. The predicted molar refractivity (Wildman–Crippen MR) is 87.3 cm³/mol. The molecule has 1 fully saturated rings. The van der Waals surface area contributed by atoms with Crippen LogP contribution in [0.1, 0.15) is 59.8 Å². The summed E-state index contributed by atoms with van der Waals surface area (Å²) in [5.41, 5.74) is 0.339. The zero-order valence-corrected chi connectivity index (χ0v) is 14.2. The maximum absolute atomic E-state index is 5.74. The van der Waals surface area contributed by atoms with Crippen molar-refractivity contribution in [3.63, 3.8) is 0 Å². The third-order valence-electron chi connectivity index (χ3n) is 4.29. The largest absolute Gasteiger partial charge is 0.381 e. The average Bonchev–Trinajstić information content (AvgIpc) is 2.89. The van der Waals surface area contributed by atoms with E-state index in [1.807, 2.05) is 0 Å². The molecule has 0 radical (unpaired) electrons. The van der Waals surface area contributed by atoms with Gasteiger partial charge in [-0.25, -0.2) is 0 Å². The second kappa shape index (κ2) is 9.75. The average molecular weight is 284 g/mol. The molecule has 0 bridgehead atoms. The molecule has 0 aliphatic carbocycles. The molecule has 3 nitrogen and oxygen atoms in total. The topological polar surface area (TPSA) is 24.5 Å². The van der Waals surface area contributed by atoms with Gasteiger partial charge in [0, 0.05) is 31.2 Å². The van der Waals surface area contributed by atoms with E-state index in [4.69, 9.17) is 4.74 Å². The van der Waals surface area contributed by atoms with Crippen LogP contribution in [0.4, 0.5) is 0 Å². The van der Waals surface area contributed by atoms with Crippen LogP contribution in [-0.4, -0.2) is 50.3 Å². The highest BCUT2D eigenvalue weighted by Crippen LogP contribution is 2.29. The van der Waals surface area contributed by atoms with E-state index in [0.717, 1.165) is 19.8 Å². The van der Waals surface area contributed by atoms with E-state index in [1.54, 1.807) is 0 Å². The molecule has 3 heteroatoms. The smallest absolute Gasteiger partial charge is 0.0547 e. The van der Waals surface area contributed by atoms with Crippen LogP contribution < -0.4 is 5.32 Å². The Hall–Kier alpha value is -0.120. The Bertz CT molecular complexity index is 229. The Balaban J connectivity index is 2.54. The molecule has 0 amide bonds. The Labute approximate surface area is 126 Å². The van der Waals surface area contributed by atoms with Crippen molar-refractivity contribution in [3.05, 3.63) is 0 Å². The Kier molecular flexibility index (Phi) is 8.74. The number of hydrogen-bond donors (Lipinski definition) is 1. The molecule has 1 rings (SSSR count). The van der Waals surface area contributed by atoms with Crippen molar-refractivity contribution in [1.82, 2.24) is 10.2 Å². The molecule has 1 saturated heterocycles. The summed E-state index contributed by atoms with van der Waals surface area (Å²) in [6, 6.07) is 0.562. The molecule has 0 aromatic rings. The predicted octanol–water partition coefficient (Wildman–Crippen LogP) is 3.29. The molecular formula is C17H36N2O. The summed E-state index contributed by atoms with van der Waals surface area (Å²) in [7, 11) is 0. The fourth-order valence-corrected chi connectivity index (χ4v) is 2.90. The van der Waals surface area contributed by atoms with E-state index in [0.29, 0.717) is 11.5 Å². The van der Waals surface area contributed by atoms with E-state index >= 15 is 0 Å². The first kappa shape index (κ1) is 17.9. The number of nitrogens with zero attached hydrogens (tertiary/aromatic N) is 1. The SMILES string of the molecule is CCCCN(CCCC)CC1(CNC(C)C)CCOC1. The fourth-order valence-electron chi connectivity index (χ4n) is 2.90. The molecule has 1 atom stereocenters. The first-order valence-corrected chi connectivity index (χ1v) is 8.65. The molecule has 20 heavy (non-hydrogen) atoms. The third-order valence-corrected chi connectivity index (χ3v) is 4.29. The van der Waals surface area contributed by atoms with Crippen LogP contribution in [0.2, 0.25) is 0 Å². The quantitative estimate of drug-likeness (QED) is 0.630. The van der Waals surface area contributed by atoms with Crippen molar-refractivity contribution in [1.29, 1.82) is 0 Å². The van der Waals surface area contributed by atoms with Gasteiger partial charge in [0.15, 0.2) is 0 Å². The maximum atomic E-state index is 5.74. The van der Waals surface area contributed by atoms with Crippen molar-refractivity contribution >= 4 is 0 Å². The van der Waals surface area contributed by atoms with Crippen LogP contribution >= 0.6 is 0 Å². The lowest BCUT2D eigenvalue weighted by atomic mass is 9.86. The molecule has 0 aromatic carbocycles. The summed E-state index contributed by atoms with van der Waals surface area (Å²) in [6.45, 7) is 15.7. The van der Waals surface area contributed by atoms with Crippen molar-refractivity contribution < 1.29 is 4.74 Å². The fraction of sp³-hybridized carbons (Fsp3) is 1.00. The van der Waals surface area contributed by atoms with Crippen molar-refractivity contribution in [2.24, 2.45) is 5.41 Å². The zero-order chi connectivity index (χ0) is 14.8.